The number of hydrogen-bond acceptors (Lipinski definition) is 4. The third-order valence-corrected chi connectivity index (χ3v) is 10.3. The number of anilines is 1. The maximum absolute atomic E-state index is 14.0. The number of carbonyl (C=O) groups excluding carboxylic acids is 1. The zero-order chi connectivity index (χ0) is 35.4. The highest BCUT2D eigenvalue weighted by Gasteiger charge is 2.52. The third-order valence-electron chi connectivity index (χ3n) is 10.3. The second-order valence-corrected chi connectivity index (χ2v) is 13.1. The first-order chi connectivity index (χ1) is 24.6. The first kappa shape index (κ1) is 32.2. The summed E-state index contributed by atoms with van der Waals surface area (Å²) in [5.41, 5.74) is 1.45. The van der Waals surface area contributed by atoms with Gasteiger partial charge in [-0.1, -0.05) is 91.0 Å². The summed E-state index contributed by atoms with van der Waals surface area (Å²) in [5.74, 6) is -0.157. The smallest absolute Gasteiger partial charge is 0.433 e. The molecule has 256 valence electrons. The number of pyridine rings is 1. The standard InChI is InChI=1S/C40H32F3N5O3/c41-40(42,43)34-24-27(18-21-44-34)35-32-25-31(47-23-20-38(36(47)49)19-22-46(26-38)37(50)51)16-17-33(32)48(45-35)39(28-10-4-1-5-11-28,29-12-6-2-7-13-29)30-14-8-3-9-15-30/h1-18,21,24-25H,19-20,22-23,26H2,(H,50,51)/t38-/m0/s1. The van der Waals surface area contributed by atoms with Gasteiger partial charge >= 0.3 is 12.3 Å². The molecule has 51 heavy (non-hydrogen) atoms. The summed E-state index contributed by atoms with van der Waals surface area (Å²) in [7, 11) is 0. The molecule has 0 aliphatic carbocycles. The molecule has 0 saturated carbocycles. The van der Waals surface area contributed by atoms with Crippen LogP contribution in [-0.2, 0) is 16.5 Å². The number of amides is 2. The molecule has 1 atom stereocenters. The molecule has 1 spiro atoms. The monoisotopic (exact) mass is 687 g/mol. The van der Waals surface area contributed by atoms with Crippen molar-refractivity contribution in [1.29, 1.82) is 0 Å². The van der Waals surface area contributed by atoms with Crippen molar-refractivity contribution in [3.05, 3.63) is 150 Å². The fourth-order valence-electron chi connectivity index (χ4n) is 7.86. The van der Waals surface area contributed by atoms with Crippen molar-refractivity contribution in [2.45, 2.75) is 24.6 Å². The van der Waals surface area contributed by atoms with Crippen molar-refractivity contribution < 1.29 is 27.9 Å². The maximum atomic E-state index is 14.0. The normalized spacial score (nSPS) is 17.9. The van der Waals surface area contributed by atoms with Crippen LogP contribution in [0.1, 0.15) is 35.2 Å². The van der Waals surface area contributed by atoms with E-state index >= 15 is 0 Å². The topological polar surface area (TPSA) is 91.6 Å². The number of hydrogen-bond donors (Lipinski definition) is 1. The summed E-state index contributed by atoms with van der Waals surface area (Å²) in [6.45, 7) is 0.805. The van der Waals surface area contributed by atoms with Crippen molar-refractivity contribution in [2.24, 2.45) is 5.41 Å². The number of rotatable bonds is 6. The van der Waals surface area contributed by atoms with Crippen molar-refractivity contribution in [3.63, 3.8) is 0 Å². The molecule has 8 nitrogen and oxygen atoms in total. The van der Waals surface area contributed by atoms with Gasteiger partial charge in [-0.15, -0.1) is 0 Å². The molecule has 8 rings (SSSR count). The maximum Gasteiger partial charge on any atom is 0.433 e. The molecule has 2 saturated heterocycles. The van der Waals surface area contributed by atoms with Gasteiger partial charge in [0, 0.05) is 42.5 Å². The van der Waals surface area contributed by atoms with E-state index in [1.54, 1.807) is 4.90 Å². The van der Waals surface area contributed by atoms with Crippen molar-refractivity contribution in [2.75, 3.05) is 24.5 Å². The fourth-order valence-corrected chi connectivity index (χ4v) is 7.86. The minimum absolute atomic E-state index is 0.133. The summed E-state index contributed by atoms with van der Waals surface area (Å²) < 4.78 is 43.9. The Morgan fingerprint density at radius 1 is 0.765 bits per heavy atom. The molecular weight excluding hydrogens is 655 g/mol. The van der Waals surface area contributed by atoms with E-state index in [2.05, 4.69) is 4.98 Å². The van der Waals surface area contributed by atoms with Crippen LogP contribution in [0.5, 0.6) is 0 Å². The molecule has 2 aliphatic rings. The predicted molar refractivity (Wildman–Crippen MR) is 186 cm³/mol. The van der Waals surface area contributed by atoms with Gasteiger partial charge in [0.05, 0.1) is 10.9 Å². The lowest BCUT2D eigenvalue weighted by atomic mass is 9.77. The zero-order valence-corrected chi connectivity index (χ0v) is 27.3. The van der Waals surface area contributed by atoms with Crippen LogP contribution in [0.3, 0.4) is 0 Å². The van der Waals surface area contributed by atoms with Crippen LogP contribution in [-0.4, -0.2) is 56.4 Å². The number of carbonyl (C=O) groups is 2. The number of benzene rings is 4. The van der Waals surface area contributed by atoms with Gasteiger partial charge in [-0.05, 0) is 59.9 Å². The van der Waals surface area contributed by atoms with E-state index in [4.69, 9.17) is 5.10 Å². The molecular formula is C40H32F3N5O3. The number of fused-ring (bicyclic) bond motifs is 1. The van der Waals surface area contributed by atoms with Gasteiger partial charge < -0.3 is 14.9 Å². The largest absolute Gasteiger partial charge is 0.465 e. The Hall–Kier alpha value is -5.97. The molecule has 11 heteroatoms. The van der Waals surface area contributed by atoms with E-state index in [1.807, 2.05) is 114 Å². The lowest BCUT2D eigenvalue weighted by molar-refractivity contribution is -0.141. The molecule has 2 amide bonds. The third kappa shape index (κ3) is 5.22. The lowest BCUT2D eigenvalue weighted by Crippen LogP contribution is -2.38. The summed E-state index contributed by atoms with van der Waals surface area (Å²) >= 11 is 0. The van der Waals surface area contributed by atoms with Crippen LogP contribution in [0, 0.1) is 5.41 Å². The van der Waals surface area contributed by atoms with Crippen LogP contribution >= 0.6 is 0 Å². The Bertz CT molecular complexity index is 2160. The number of nitrogens with zero attached hydrogens (tertiary/aromatic N) is 5. The van der Waals surface area contributed by atoms with Gasteiger partial charge in [-0.2, -0.15) is 18.3 Å². The molecule has 2 aromatic heterocycles. The van der Waals surface area contributed by atoms with E-state index in [0.717, 1.165) is 29.0 Å². The Kier molecular flexibility index (Phi) is 7.66. The number of alkyl halides is 3. The molecule has 0 bridgehead atoms. The Morgan fingerprint density at radius 2 is 1.35 bits per heavy atom. The van der Waals surface area contributed by atoms with E-state index in [0.29, 0.717) is 41.7 Å². The molecule has 2 fully saturated rings. The lowest BCUT2D eigenvalue weighted by Gasteiger charge is -2.37. The molecule has 6 aromatic rings. The summed E-state index contributed by atoms with van der Waals surface area (Å²) in [4.78, 5) is 32.3. The van der Waals surface area contributed by atoms with Gasteiger partial charge in [-0.25, -0.2) is 9.48 Å². The Balaban J connectivity index is 1.39. The number of aromatic nitrogens is 3. The fraction of sp³-hybridized carbons (Fsp3) is 0.200. The first-order valence-corrected chi connectivity index (χ1v) is 16.7. The van der Waals surface area contributed by atoms with Crippen LogP contribution in [0.25, 0.3) is 22.2 Å². The van der Waals surface area contributed by atoms with Gasteiger partial charge in [-0.3, -0.25) is 9.78 Å². The van der Waals surface area contributed by atoms with Gasteiger partial charge in [0.25, 0.3) is 0 Å². The Morgan fingerprint density at radius 3 is 1.90 bits per heavy atom. The average molecular weight is 688 g/mol. The molecule has 4 heterocycles. The average Bonchev–Trinajstić information content (AvgIpc) is 3.86. The van der Waals surface area contributed by atoms with Crippen LogP contribution in [0.4, 0.5) is 23.7 Å². The zero-order valence-electron chi connectivity index (χ0n) is 27.3. The van der Waals surface area contributed by atoms with Crippen LogP contribution in [0.2, 0.25) is 0 Å². The van der Waals surface area contributed by atoms with Crippen molar-refractivity contribution in [3.8, 4) is 11.3 Å². The second-order valence-electron chi connectivity index (χ2n) is 13.1. The second kappa shape index (κ2) is 12.1. The summed E-state index contributed by atoms with van der Waals surface area (Å²) in [5, 5.41) is 15.4. The van der Waals surface area contributed by atoms with Crippen molar-refractivity contribution >= 4 is 28.6 Å². The van der Waals surface area contributed by atoms with E-state index in [9.17, 15) is 27.9 Å². The molecule has 2 aliphatic heterocycles. The number of likely N-dealkylation sites (tertiary alicyclic amines) is 1. The minimum Gasteiger partial charge on any atom is -0.465 e. The van der Waals surface area contributed by atoms with Gasteiger partial charge in [0.2, 0.25) is 5.91 Å². The summed E-state index contributed by atoms with van der Waals surface area (Å²) in [6.07, 6.45) is -3.66. The highest BCUT2D eigenvalue weighted by Crippen LogP contribution is 2.47. The minimum atomic E-state index is -4.68. The molecule has 1 N–H and O–H groups in total. The van der Waals surface area contributed by atoms with E-state index in [1.165, 1.54) is 11.0 Å². The predicted octanol–water partition coefficient (Wildman–Crippen LogP) is 8.06. The molecule has 0 radical (unpaired) electrons. The van der Waals surface area contributed by atoms with Crippen LogP contribution < -0.4 is 4.90 Å². The van der Waals surface area contributed by atoms with Gasteiger partial charge in [0.1, 0.15) is 16.9 Å². The number of carboxylic acid groups (broad SMARTS) is 1. The first-order valence-electron chi connectivity index (χ1n) is 16.7. The molecule has 4 aromatic carbocycles. The Labute approximate surface area is 291 Å². The van der Waals surface area contributed by atoms with E-state index in [-0.39, 0.29) is 24.6 Å². The molecule has 0 unspecified atom stereocenters. The van der Waals surface area contributed by atoms with Gasteiger partial charge in [0.15, 0.2) is 0 Å². The summed E-state index contributed by atoms with van der Waals surface area (Å²) in [6, 6.07) is 37.6. The van der Waals surface area contributed by atoms with E-state index < -0.39 is 28.9 Å². The number of halogens is 3. The van der Waals surface area contributed by atoms with Crippen molar-refractivity contribution in [1.82, 2.24) is 19.7 Å². The van der Waals surface area contributed by atoms with Crippen LogP contribution in [0.15, 0.2) is 128 Å². The quantitative estimate of drug-likeness (QED) is 0.179. The highest BCUT2D eigenvalue weighted by molar-refractivity contribution is 6.04. The highest BCUT2D eigenvalue weighted by atomic mass is 19.4. The SMILES string of the molecule is O=C(O)N1CC[C@]2(CCN(c3ccc4c(c3)c(-c3ccnc(C(F)(F)F)c3)nn4C(c3ccccc3)(c3ccccc3)c3ccccc3)C2=O)C1.